The molecule has 1 aromatic carbocycles. The van der Waals surface area contributed by atoms with Crippen LogP contribution in [-0.2, 0) is 6.42 Å². The average Bonchev–Trinajstić information content (AvgIpc) is 3.06. The standard InChI is InChI=1S/C14H21N/c1-11-5-3-4-6-12(11)9-10-14(15-2)13-7-8-13/h3-6,13-15H,7-10H2,1-2H3. The molecule has 0 spiro atoms. The average molecular weight is 203 g/mol. The molecule has 82 valence electrons. The number of rotatable bonds is 5. The topological polar surface area (TPSA) is 12.0 Å². The van der Waals surface area contributed by atoms with Crippen LogP contribution < -0.4 is 5.32 Å². The van der Waals surface area contributed by atoms with E-state index < -0.39 is 0 Å². The molecule has 0 aliphatic heterocycles. The van der Waals surface area contributed by atoms with Gasteiger partial charge in [0.1, 0.15) is 0 Å². The first-order valence-corrected chi connectivity index (χ1v) is 6.03. The van der Waals surface area contributed by atoms with Crippen LogP contribution in [0.5, 0.6) is 0 Å². The highest BCUT2D eigenvalue weighted by molar-refractivity contribution is 5.25. The van der Waals surface area contributed by atoms with Crippen molar-refractivity contribution in [2.45, 2.75) is 38.6 Å². The smallest absolute Gasteiger partial charge is 0.00954 e. The lowest BCUT2D eigenvalue weighted by molar-refractivity contribution is 0.470. The summed E-state index contributed by atoms with van der Waals surface area (Å²) in [5.74, 6) is 0.957. The minimum absolute atomic E-state index is 0.740. The first-order chi connectivity index (χ1) is 7.31. The summed E-state index contributed by atoms with van der Waals surface area (Å²) in [7, 11) is 2.10. The molecule has 1 aromatic rings. The zero-order valence-electron chi connectivity index (χ0n) is 9.79. The van der Waals surface area contributed by atoms with Gasteiger partial charge in [-0.3, -0.25) is 0 Å². The largest absolute Gasteiger partial charge is 0.317 e. The van der Waals surface area contributed by atoms with E-state index in [1.165, 1.54) is 36.8 Å². The zero-order chi connectivity index (χ0) is 10.7. The summed E-state index contributed by atoms with van der Waals surface area (Å²) in [6, 6.07) is 9.48. The van der Waals surface area contributed by atoms with Crippen LogP contribution in [0.15, 0.2) is 24.3 Å². The maximum Gasteiger partial charge on any atom is 0.00954 e. The lowest BCUT2D eigenvalue weighted by Crippen LogP contribution is -2.27. The van der Waals surface area contributed by atoms with Crippen LogP contribution in [0.3, 0.4) is 0 Å². The van der Waals surface area contributed by atoms with Crippen LogP contribution >= 0.6 is 0 Å². The van der Waals surface area contributed by atoms with Gasteiger partial charge >= 0.3 is 0 Å². The molecule has 0 bridgehead atoms. The van der Waals surface area contributed by atoms with Gasteiger partial charge in [0.25, 0.3) is 0 Å². The minimum Gasteiger partial charge on any atom is -0.317 e. The Morgan fingerprint density at radius 1 is 1.33 bits per heavy atom. The van der Waals surface area contributed by atoms with Crippen molar-refractivity contribution in [2.24, 2.45) is 5.92 Å². The predicted octanol–water partition coefficient (Wildman–Crippen LogP) is 2.93. The SMILES string of the molecule is CNC(CCc1ccccc1C)C1CC1. The fourth-order valence-corrected chi connectivity index (χ4v) is 2.32. The molecule has 1 N–H and O–H groups in total. The van der Waals surface area contributed by atoms with Gasteiger partial charge in [0.05, 0.1) is 0 Å². The van der Waals surface area contributed by atoms with Crippen molar-refractivity contribution in [3.63, 3.8) is 0 Å². The third-order valence-electron chi connectivity index (χ3n) is 3.55. The molecule has 1 saturated carbocycles. The molecule has 1 atom stereocenters. The summed E-state index contributed by atoms with van der Waals surface area (Å²) in [5.41, 5.74) is 2.95. The summed E-state index contributed by atoms with van der Waals surface area (Å²) in [6.07, 6.45) is 5.36. The van der Waals surface area contributed by atoms with Crippen LogP contribution in [0, 0.1) is 12.8 Å². The van der Waals surface area contributed by atoms with Crippen molar-refractivity contribution in [3.8, 4) is 0 Å². The van der Waals surface area contributed by atoms with Gasteiger partial charge in [-0.25, -0.2) is 0 Å². The quantitative estimate of drug-likeness (QED) is 0.776. The lowest BCUT2D eigenvalue weighted by atomic mass is 9.99. The number of hydrogen-bond donors (Lipinski definition) is 1. The molecule has 1 aliphatic carbocycles. The van der Waals surface area contributed by atoms with Crippen molar-refractivity contribution in [2.75, 3.05) is 7.05 Å². The Balaban J connectivity index is 1.89. The molecule has 1 fully saturated rings. The fraction of sp³-hybridized carbons (Fsp3) is 0.571. The molecule has 1 nitrogen and oxygen atoms in total. The molecule has 15 heavy (non-hydrogen) atoms. The molecular formula is C14H21N. The summed E-state index contributed by atoms with van der Waals surface area (Å²) in [6.45, 7) is 2.21. The van der Waals surface area contributed by atoms with Crippen molar-refractivity contribution >= 4 is 0 Å². The predicted molar refractivity (Wildman–Crippen MR) is 65.1 cm³/mol. The van der Waals surface area contributed by atoms with E-state index >= 15 is 0 Å². The third-order valence-corrected chi connectivity index (χ3v) is 3.55. The van der Waals surface area contributed by atoms with Crippen molar-refractivity contribution in [1.29, 1.82) is 0 Å². The first-order valence-electron chi connectivity index (χ1n) is 6.03. The fourth-order valence-electron chi connectivity index (χ4n) is 2.32. The third kappa shape index (κ3) is 2.82. The van der Waals surface area contributed by atoms with E-state index in [0.717, 1.165) is 12.0 Å². The Labute approximate surface area is 92.9 Å². The van der Waals surface area contributed by atoms with E-state index in [0.29, 0.717) is 0 Å². The Morgan fingerprint density at radius 2 is 2.07 bits per heavy atom. The molecule has 0 radical (unpaired) electrons. The number of nitrogens with one attached hydrogen (secondary N) is 1. The summed E-state index contributed by atoms with van der Waals surface area (Å²) in [5, 5.41) is 3.45. The molecule has 0 amide bonds. The van der Waals surface area contributed by atoms with Gasteiger partial charge in [-0.1, -0.05) is 24.3 Å². The van der Waals surface area contributed by atoms with Crippen molar-refractivity contribution in [1.82, 2.24) is 5.32 Å². The van der Waals surface area contributed by atoms with E-state index in [4.69, 9.17) is 0 Å². The van der Waals surface area contributed by atoms with Gasteiger partial charge in [-0.05, 0) is 56.7 Å². The Hall–Kier alpha value is -0.820. The first kappa shape index (κ1) is 10.7. The number of hydrogen-bond acceptors (Lipinski definition) is 1. The highest BCUT2D eigenvalue weighted by Gasteiger charge is 2.29. The maximum atomic E-state index is 3.45. The van der Waals surface area contributed by atoms with E-state index in [1.54, 1.807) is 0 Å². The number of benzene rings is 1. The minimum atomic E-state index is 0.740. The van der Waals surface area contributed by atoms with Gasteiger partial charge in [0.15, 0.2) is 0 Å². The van der Waals surface area contributed by atoms with Gasteiger partial charge in [0, 0.05) is 6.04 Å². The molecular weight excluding hydrogens is 182 g/mol. The van der Waals surface area contributed by atoms with E-state index in [-0.39, 0.29) is 0 Å². The molecule has 0 saturated heterocycles. The second-order valence-corrected chi connectivity index (χ2v) is 4.70. The molecule has 2 rings (SSSR count). The lowest BCUT2D eigenvalue weighted by Gasteiger charge is -2.15. The van der Waals surface area contributed by atoms with Crippen molar-refractivity contribution in [3.05, 3.63) is 35.4 Å². The highest BCUT2D eigenvalue weighted by atomic mass is 14.9. The highest BCUT2D eigenvalue weighted by Crippen LogP contribution is 2.34. The summed E-state index contributed by atoms with van der Waals surface area (Å²) < 4.78 is 0. The van der Waals surface area contributed by atoms with Gasteiger partial charge in [-0.15, -0.1) is 0 Å². The zero-order valence-corrected chi connectivity index (χ0v) is 9.79. The second kappa shape index (κ2) is 4.80. The van der Waals surface area contributed by atoms with Crippen LogP contribution in [0.2, 0.25) is 0 Å². The molecule has 1 heteroatoms. The van der Waals surface area contributed by atoms with Gasteiger partial charge in [0.2, 0.25) is 0 Å². The Morgan fingerprint density at radius 3 is 2.67 bits per heavy atom. The Kier molecular flexibility index (Phi) is 3.42. The molecule has 1 aliphatic rings. The van der Waals surface area contributed by atoms with E-state index in [2.05, 4.69) is 43.6 Å². The van der Waals surface area contributed by atoms with Crippen molar-refractivity contribution < 1.29 is 0 Å². The van der Waals surface area contributed by atoms with Gasteiger partial charge in [-0.2, -0.15) is 0 Å². The van der Waals surface area contributed by atoms with Gasteiger partial charge < -0.3 is 5.32 Å². The summed E-state index contributed by atoms with van der Waals surface area (Å²) >= 11 is 0. The summed E-state index contributed by atoms with van der Waals surface area (Å²) in [4.78, 5) is 0. The second-order valence-electron chi connectivity index (χ2n) is 4.70. The molecule has 0 aromatic heterocycles. The maximum absolute atomic E-state index is 3.45. The van der Waals surface area contributed by atoms with Crippen LogP contribution in [0.1, 0.15) is 30.4 Å². The van der Waals surface area contributed by atoms with Crippen LogP contribution in [-0.4, -0.2) is 13.1 Å². The van der Waals surface area contributed by atoms with Crippen LogP contribution in [0.25, 0.3) is 0 Å². The van der Waals surface area contributed by atoms with E-state index in [9.17, 15) is 0 Å². The molecule has 1 unspecified atom stereocenters. The molecule has 0 heterocycles. The normalized spacial score (nSPS) is 17.7. The monoisotopic (exact) mass is 203 g/mol. The van der Waals surface area contributed by atoms with E-state index in [1.807, 2.05) is 0 Å². The Bertz CT molecular complexity index is 315. The van der Waals surface area contributed by atoms with Crippen LogP contribution in [0.4, 0.5) is 0 Å². The number of aryl methyl sites for hydroxylation is 2.